The molecular weight excluding hydrogens is 402 g/mol. The molecule has 7 heteroatoms. The van der Waals surface area contributed by atoms with E-state index < -0.39 is 21.8 Å². The molecule has 1 aromatic heterocycles. The summed E-state index contributed by atoms with van der Waals surface area (Å²) in [5.41, 5.74) is 0.149. The van der Waals surface area contributed by atoms with E-state index in [1.54, 1.807) is 72.8 Å². The minimum Gasteiger partial charge on any atom is -0.465 e. The molecule has 150 valence electrons. The van der Waals surface area contributed by atoms with Gasteiger partial charge in [-0.2, -0.15) is 0 Å². The number of carbonyl (C=O) groups excluding carboxylic acids is 2. The second-order valence-corrected chi connectivity index (χ2v) is 8.30. The van der Waals surface area contributed by atoms with Crippen molar-refractivity contribution in [2.45, 2.75) is 4.90 Å². The SMILES string of the molecule is COC(=O)c1c(C(=O)c2ccccc2)n(S(=O)(=O)c2ccccc2)c2ccccc12. The van der Waals surface area contributed by atoms with Crippen LogP contribution in [0.3, 0.4) is 0 Å². The molecule has 0 aliphatic heterocycles. The number of nitrogens with zero attached hydrogens (tertiary/aromatic N) is 1. The largest absolute Gasteiger partial charge is 0.465 e. The molecule has 0 radical (unpaired) electrons. The first kappa shape index (κ1) is 19.6. The Morgan fingerprint density at radius 1 is 0.800 bits per heavy atom. The number of fused-ring (bicyclic) bond motifs is 1. The summed E-state index contributed by atoms with van der Waals surface area (Å²) in [6.45, 7) is 0. The fourth-order valence-electron chi connectivity index (χ4n) is 3.40. The number of methoxy groups -OCH3 is 1. The molecule has 4 aromatic rings. The summed E-state index contributed by atoms with van der Waals surface area (Å²) in [5.74, 6) is -1.38. The summed E-state index contributed by atoms with van der Waals surface area (Å²) >= 11 is 0. The lowest BCUT2D eigenvalue weighted by atomic mass is 10.0. The molecule has 0 aliphatic carbocycles. The van der Waals surface area contributed by atoms with E-state index in [-0.39, 0.29) is 27.2 Å². The van der Waals surface area contributed by atoms with Gasteiger partial charge >= 0.3 is 5.97 Å². The lowest BCUT2D eigenvalue weighted by molar-refractivity contribution is 0.0599. The number of benzene rings is 3. The van der Waals surface area contributed by atoms with Crippen LogP contribution in [0, 0.1) is 0 Å². The minimum atomic E-state index is -4.18. The summed E-state index contributed by atoms with van der Waals surface area (Å²) in [6.07, 6.45) is 0. The highest BCUT2D eigenvalue weighted by molar-refractivity contribution is 7.90. The highest BCUT2D eigenvalue weighted by Gasteiger charge is 2.34. The van der Waals surface area contributed by atoms with E-state index in [0.29, 0.717) is 5.39 Å². The van der Waals surface area contributed by atoms with Gasteiger partial charge in [0.1, 0.15) is 5.69 Å². The molecule has 0 atom stereocenters. The summed E-state index contributed by atoms with van der Waals surface area (Å²) in [4.78, 5) is 26.1. The van der Waals surface area contributed by atoms with Gasteiger partial charge in [-0.25, -0.2) is 17.2 Å². The van der Waals surface area contributed by atoms with Crippen molar-refractivity contribution in [3.05, 3.63) is 102 Å². The van der Waals surface area contributed by atoms with Crippen LogP contribution in [0.15, 0.2) is 89.8 Å². The summed E-state index contributed by atoms with van der Waals surface area (Å²) in [7, 11) is -2.99. The molecule has 1 heterocycles. The molecule has 6 nitrogen and oxygen atoms in total. The van der Waals surface area contributed by atoms with Gasteiger partial charge in [0.15, 0.2) is 0 Å². The lowest BCUT2D eigenvalue weighted by Gasteiger charge is -2.12. The Labute approximate surface area is 173 Å². The fraction of sp³-hybridized carbons (Fsp3) is 0.0435. The average Bonchev–Trinajstić information content (AvgIpc) is 3.15. The van der Waals surface area contributed by atoms with Gasteiger partial charge < -0.3 is 4.74 Å². The number of esters is 1. The normalized spacial score (nSPS) is 11.4. The van der Waals surface area contributed by atoms with Crippen LogP contribution >= 0.6 is 0 Å². The number of para-hydroxylation sites is 1. The number of hydrogen-bond donors (Lipinski definition) is 0. The van der Waals surface area contributed by atoms with Crippen LogP contribution in [0.25, 0.3) is 10.9 Å². The summed E-state index contributed by atoms with van der Waals surface area (Å²) < 4.78 is 33.0. The Morgan fingerprint density at radius 2 is 1.37 bits per heavy atom. The first-order valence-corrected chi connectivity index (χ1v) is 10.5. The van der Waals surface area contributed by atoms with Gasteiger partial charge in [-0.3, -0.25) is 4.79 Å². The van der Waals surface area contributed by atoms with Gasteiger partial charge in [0.2, 0.25) is 5.78 Å². The van der Waals surface area contributed by atoms with Crippen molar-refractivity contribution in [3.8, 4) is 0 Å². The summed E-state index contributed by atoms with van der Waals surface area (Å²) in [6, 6.07) is 22.5. The van der Waals surface area contributed by atoms with Crippen molar-refractivity contribution in [2.75, 3.05) is 7.11 Å². The smallest absolute Gasteiger partial charge is 0.340 e. The van der Waals surface area contributed by atoms with Crippen molar-refractivity contribution in [1.29, 1.82) is 0 Å². The first-order valence-electron chi connectivity index (χ1n) is 9.09. The van der Waals surface area contributed by atoms with E-state index in [4.69, 9.17) is 4.74 Å². The third-order valence-corrected chi connectivity index (χ3v) is 6.48. The second-order valence-electron chi connectivity index (χ2n) is 6.51. The molecule has 3 aromatic carbocycles. The third kappa shape index (κ3) is 3.09. The quantitative estimate of drug-likeness (QED) is 0.362. The van der Waals surface area contributed by atoms with Crippen LogP contribution in [0.1, 0.15) is 26.4 Å². The Hall–Kier alpha value is -3.71. The Balaban J connectivity index is 2.15. The molecule has 0 N–H and O–H groups in total. The maximum Gasteiger partial charge on any atom is 0.340 e. The second kappa shape index (κ2) is 7.61. The fourth-order valence-corrected chi connectivity index (χ4v) is 4.94. The van der Waals surface area contributed by atoms with Gasteiger partial charge in [-0.15, -0.1) is 0 Å². The molecule has 4 rings (SSSR count). The standard InChI is InChI=1S/C23H17NO5S/c1-29-23(26)20-18-14-8-9-15-19(18)24(30(27,28)17-12-6-3-7-13-17)21(20)22(25)16-10-4-2-5-11-16/h2-15H,1H3. The average molecular weight is 419 g/mol. The molecule has 0 saturated carbocycles. The van der Waals surface area contributed by atoms with E-state index in [9.17, 15) is 18.0 Å². The number of hydrogen-bond acceptors (Lipinski definition) is 5. The molecule has 0 fully saturated rings. The van der Waals surface area contributed by atoms with Gasteiger partial charge in [-0.1, -0.05) is 66.7 Å². The highest BCUT2D eigenvalue weighted by atomic mass is 32.2. The lowest BCUT2D eigenvalue weighted by Crippen LogP contribution is -2.21. The van der Waals surface area contributed by atoms with E-state index in [1.807, 2.05) is 0 Å². The van der Waals surface area contributed by atoms with E-state index in [0.717, 1.165) is 3.97 Å². The van der Waals surface area contributed by atoms with Gasteiger partial charge in [0, 0.05) is 10.9 Å². The van der Waals surface area contributed by atoms with Crippen molar-refractivity contribution in [3.63, 3.8) is 0 Å². The van der Waals surface area contributed by atoms with Crippen molar-refractivity contribution in [1.82, 2.24) is 3.97 Å². The predicted octanol–water partition coefficient (Wildman–Crippen LogP) is 3.90. The molecule has 0 bridgehead atoms. The monoisotopic (exact) mass is 419 g/mol. The number of ketones is 1. The summed E-state index contributed by atoms with van der Waals surface area (Å²) in [5, 5.41) is 0.322. The van der Waals surface area contributed by atoms with Crippen LogP contribution in [0.4, 0.5) is 0 Å². The minimum absolute atomic E-state index is 0.00396. The van der Waals surface area contributed by atoms with Crippen LogP contribution in [0.5, 0.6) is 0 Å². The van der Waals surface area contributed by atoms with Crippen LogP contribution < -0.4 is 0 Å². The molecule has 30 heavy (non-hydrogen) atoms. The van der Waals surface area contributed by atoms with E-state index >= 15 is 0 Å². The highest BCUT2D eigenvalue weighted by Crippen LogP contribution is 2.32. The zero-order chi connectivity index (χ0) is 21.3. The molecule has 0 saturated heterocycles. The topological polar surface area (TPSA) is 82.4 Å². The maximum atomic E-state index is 13.6. The maximum absolute atomic E-state index is 13.6. The molecule has 0 amide bonds. The number of ether oxygens (including phenoxy) is 1. The number of carbonyl (C=O) groups is 2. The molecule has 0 unspecified atom stereocenters. The Morgan fingerprint density at radius 3 is 2.00 bits per heavy atom. The first-order chi connectivity index (χ1) is 14.5. The van der Waals surface area contributed by atoms with E-state index in [1.165, 1.54) is 19.2 Å². The zero-order valence-corrected chi connectivity index (χ0v) is 16.8. The van der Waals surface area contributed by atoms with Crippen LogP contribution in [-0.2, 0) is 14.8 Å². The van der Waals surface area contributed by atoms with Crippen LogP contribution in [0.2, 0.25) is 0 Å². The van der Waals surface area contributed by atoms with Crippen molar-refractivity contribution < 1.29 is 22.7 Å². The van der Waals surface area contributed by atoms with E-state index in [2.05, 4.69) is 0 Å². The predicted molar refractivity (Wildman–Crippen MR) is 112 cm³/mol. The molecule has 0 aliphatic rings. The zero-order valence-electron chi connectivity index (χ0n) is 16.0. The molecular formula is C23H17NO5S. The number of aromatic nitrogens is 1. The third-order valence-electron chi connectivity index (χ3n) is 4.75. The van der Waals surface area contributed by atoms with Crippen molar-refractivity contribution >= 4 is 32.7 Å². The van der Waals surface area contributed by atoms with Gasteiger partial charge in [-0.05, 0) is 18.2 Å². The van der Waals surface area contributed by atoms with Gasteiger partial charge in [0.05, 0.1) is 23.1 Å². The number of rotatable bonds is 5. The molecule has 0 spiro atoms. The van der Waals surface area contributed by atoms with Crippen molar-refractivity contribution in [2.24, 2.45) is 0 Å². The Kier molecular flexibility index (Phi) is 4.97. The Bertz CT molecular complexity index is 1360. The van der Waals surface area contributed by atoms with Gasteiger partial charge in [0.25, 0.3) is 10.0 Å². The van der Waals surface area contributed by atoms with Crippen LogP contribution in [-0.4, -0.2) is 31.3 Å².